The van der Waals surface area contributed by atoms with Crippen LogP contribution < -0.4 is 5.32 Å². The Morgan fingerprint density at radius 1 is 1.12 bits per heavy atom. The summed E-state index contributed by atoms with van der Waals surface area (Å²) in [5.41, 5.74) is 2.42. The summed E-state index contributed by atoms with van der Waals surface area (Å²) in [5.74, 6) is -0.334. The second-order valence-corrected chi connectivity index (χ2v) is 6.84. The van der Waals surface area contributed by atoms with E-state index in [4.69, 9.17) is 0 Å². The van der Waals surface area contributed by atoms with E-state index in [2.05, 4.69) is 11.4 Å². The third kappa shape index (κ3) is 7.38. The van der Waals surface area contributed by atoms with Crippen molar-refractivity contribution in [2.45, 2.75) is 51.9 Å². The van der Waals surface area contributed by atoms with E-state index in [0.717, 1.165) is 24.8 Å². The molecule has 0 fully saturated rings. The number of halogens is 1. The van der Waals surface area contributed by atoms with Gasteiger partial charge in [0.25, 0.3) is 0 Å². The van der Waals surface area contributed by atoms with Gasteiger partial charge in [0.1, 0.15) is 5.82 Å². The number of carbonyl (C=O) groups excluding carboxylic acids is 2. The Balaban J connectivity index is 1.67. The van der Waals surface area contributed by atoms with Crippen molar-refractivity contribution in [1.82, 2.24) is 10.2 Å². The summed E-state index contributed by atoms with van der Waals surface area (Å²) in [5, 5.41) is 2.94. The molecule has 0 aliphatic heterocycles. The van der Waals surface area contributed by atoms with Gasteiger partial charge in [-0.25, -0.2) is 4.39 Å². The summed E-state index contributed by atoms with van der Waals surface area (Å²) >= 11 is 0. The fourth-order valence-electron chi connectivity index (χ4n) is 3.16. The number of carbonyl (C=O) groups is 2. The van der Waals surface area contributed by atoms with Crippen molar-refractivity contribution in [3.8, 4) is 0 Å². The lowest BCUT2D eigenvalue weighted by atomic mass is 9.97. The molecule has 142 valence electrons. The van der Waals surface area contributed by atoms with Gasteiger partial charge in [0.15, 0.2) is 0 Å². The molecule has 0 spiro atoms. The third-order valence-electron chi connectivity index (χ3n) is 4.79. The first-order valence-corrected chi connectivity index (χ1v) is 9.49. The summed E-state index contributed by atoms with van der Waals surface area (Å²) in [7, 11) is 0. The molecule has 0 saturated heterocycles. The predicted molar refractivity (Wildman–Crippen MR) is 101 cm³/mol. The van der Waals surface area contributed by atoms with E-state index < -0.39 is 0 Å². The van der Waals surface area contributed by atoms with Crippen LogP contribution in [-0.2, 0) is 16.0 Å². The van der Waals surface area contributed by atoms with Gasteiger partial charge in [0.2, 0.25) is 11.8 Å². The highest BCUT2D eigenvalue weighted by Crippen LogP contribution is 2.19. The molecule has 0 bridgehead atoms. The largest absolute Gasteiger partial charge is 0.356 e. The van der Waals surface area contributed by atoms with Crippen LogP contribution in [0.4, 0.5) is 4.39 Å². The molecule has 4 nitrogen and oxygen atoms in total. The molecule has 1 N–H and O–H groups in total. The molecule has 1 aliphatic rings. The molecule has 1 aromatic carbocycles. The molecule has 1 aliphatic carbocycles. The Morgan fingerprint density at radius 2 is 1.88 bits per heavy atom. The Kier molecular flexibility index (Phi) is 8.32. The lowest BCUT2D eigenvalue weighted by Crippen LogP contribution is -2.35. The number of nitrogens with one attached hydrogen (secondary N) is 1. The van der Waals surface area contributed by atoms with E-state index in [0.29, 0.717) is 32.5 Å². The second kappa shape index (κ2) is 10.7. The quantitative estimate of drug-likeness (QED) is 0.684. The summed E-state index contributed by atoms with van der Waals surface area (Å²) in [6.07, 6.45) is 9.01. The van der Waals surface area contributed by atoms with Crippen molar-refractivity contribution in [3.05, 3.63) is 47.3 Å². The van der Waals surface area contributed by atoms with Crippen LogP contribution in [-0.4, -0.2) is 36.3 Å². The van der Waals surface area contributed by atoms with Gasteiger partial charge in [-0.2, -0.15) is 0 Å². The van der Waals surface area contributed by atoms with Crippen LogP contribution in [0.1, 0.15) is 51.0 Å². The van der Waals surface area contributed by atoms with Crippen LogP contribution in [0.15, 0.2) is 35.9 Å². The van der Waals surface area contributed by atoms with E-state index in [-0.39, 0.29) is 17.6 Å². The molecular weight excluding hydrogens is 331 g/mol. The van der Waals surface area contributed by atoms with Gasteiger partial charge in [0.05, 0.1) is 0 Å². The van der Waals surface area contributed by atoms with Crippen LogP contribution in [0.5, 0.6) is 0 Å². The number of rotatable bonds is 9. The normalized spacial score (nSPS) is 13.8. The zero-order valence-electron chi connectivity index (χ0n) is 15.6. The molecule has 0 heterocycles. The predicted octanol–water partition coefficient (Wildman–Crippen LogP) is 3.61. The zero-order valence-corrected chi connectivity index (χ0v) is 15.6. The monoisotopic (exact) mass is 360 g/mol. The number of hydrogen-bond donors (Lipinski definition) is 1. The number of hydrogen-bond acceptors (Lipinski definition) is 2. The highest BCUT2D eigenvalue weighted by atomic mass is 19.1. The lowest BCUT2D eigenvalue weighted by Gasteiger charge is -2.21. The van der Waals surface area contributed by atoms with E-state index in [1.54, 1.807) is 17.0 Å². The fraction of sp³-hybridized carbons (Fsp3) is 0.524. The standard InChI is InChI=1S/C21H29FN2O2/c1-17(25)24(15-12-19-7-9-20(22)10-8-19)16-13-21(26)23-14-11-18-5-3-2-4-6-18/h5,7-10H,2-4,6,11-16H2,1H3,(H,23,26). The van der Waals surface area contributed by atoms with Gasteiger partial charge in [-0.05, 0) is 56.2 Å². The molecule has 0 radical (unpaired) electrons. The smallest absolute Gasteiger partial charge is 0.221 e. The van der Waals surface area contributed by atoms with E-state index in [9.17, 15) is 14.0 Å². The zero-order chi connectivity index (χ0) is 18.8. The minimum absolute atomic E-state index is 0.0190. The number of allylic oxidation sites excluding steroid dienone is 1. The molecule has 26 heavy (non-hydrogen) atoms. The summed E-state index contributed by atoms with van der Waals surface area (Å²) in [6, 6.07) is 6.28. The molecule has 1 aromatic rings. The molecular formula is C21H29FN2O2. The molecule has 2 amide bonds. The van der Waals surface area contributed by atoms with Crippen LogP contribution in [0.25, 0.3) is 0 Å². The Labute approximate surface area is 155 Å². The Morgan fingerprint density at radius 3 is 2.54 bits per heavy atom. The van der Waals surface area contributed by atoms with Crippen LogP contribution in [0, 0.1) is 5.82 Å². The first-order chi connectivity index (χ1) is 12.5. The van der Waals surface area contributed by atoms with Crippen molar-refractivity contribution in [2.75, 3.05) is 19.6 Å². The molecule has 5 heteroatoms. The fourth-order valence-corrected chi connectivity index (χ4v) is 3.16. The topological polar surface area (TPSA) is 49.4 Å². The first-order valence-electron chi connectivity index (χ1n) is 9.49. The highest BCUT2D eigenvalue weighted by molar-refractivity contribution is 5.78. The van der Waals surface area contributed by atoms with Gasteiger partial charge in [0, 0.05) is 33.0 Å². The first kappa shape index (κ1) is 20.1. The number of nitrogens with zero attached hydrogens (tertiary/aromatic N) is 1. The third-order valence-corrected chi connectivity index (χ3v) is 4.79. The van der Waals surface area contributed by atoms with Gasteiger partial charge >= 0.3 is 0 Å². The van der Waals surface area contributed by atoms with Crippen molar-refractivity contribution in [2.24, 2.45) is 0 Å². The lowest BCUT2D eigenvalue weighted by molar-refractivity contribution is -0.129. The summed E-state index contributed by atoms with van der Waals surface area (Å²) < 4.78 is 12.9. The molecule has 2 rings (SSSR count). The maximum Gasteiger partial charge on any atom is 0.221 e. The minimum atomic E-state index is -0.266. The van der Waals surface area contributed by atoms with Crippen molar-refractivity contribution < 1.29 is 14.0 Å². The van der Waals surface area contributed by atoms with E-state index in [1.165, 1.54) is 37.5 Å². The maximum absolute atomic E-state index is 12.9. The Bertz CT molecular complexity index is 625. The maximum atomic E-state index is 12.9. The molecule has 0 aromatic heterocycles. The van der Waals surface area contributed by atoms with Crippen molar-refractivity contribution >= 4 is 11.8 Å². The van der Waals surface area contributed by atoms with E-state index >= 15 is 0 Å². The Hall–Kier alpha value is -2.17. The van der Waals surface area contributed by atoms with E-state index in [1.807, 2.05) is 0 Å². The SMILES string of the molecule is CC(=O)N(CCC(=O)NCCC1=CCCCC1)CCc1ccc(F)cc1. The van der Waals surface area contributed by atoms with Crippen LogP contribution in [0.3, 0.4) is 0 Å². The highest BCUT2D eigenvalue weighted by Gasteiger charge is 2.11. The average molecular weight is 360 g/mol. The van der Waals surface area contributed by atoms with Gasteiger partial charge in [-0.3, -0.25) is 9.59 Å². The van der Waals surface area contributed by atoms with Crippen LogP contribution in [0.2, 0.25) is 0 Å². The van der Waals surface area contributed by atoms with Gasteiger partial charge in [-0.15, -0.1) is 0 Å². The molecule has 0 saturated carbocycles. The van der Waals surface area contributed by atoms with Gasteiger partial charge < -0.3 is 10.2 Å². The summed E-state index contributed by atoms with van der Waals surface area (Å²) in [6.45, 7) is 3.12. The number of benzene rings is 1. The van der Waals surface area contributed by atoms with Crippen molar-refractivity contribution in [3.63, 3.8) is 0 Å². The van der Waals surface area contributed by atoms with Crippen LogP contribution >= 0.6 is 0 Å². The number of amides is 2. The van der Waals surface area contributed by atoms with Crippen molar-refractivity contribution in [1.29, 1.82) is 0 Å². The van der Waals surface area contributed by atoms with Gasteiger partial charge in [-0.1, -0.05) is 23.8 Å². The summed E-state index contributed by atoms with van der Waals surface area (Å²) in [4.78, 5) is 25.5. The second-order valence-electron chi connectivity index (χ2n) is 6.84. The molecule has 0 atom stereocenters. The minimum Gasteiger partial charge on any atom is -0.356 e. The average Bonchev–Trinajstić information content (AvgIpc) is 2.63. The molecule has 0 unspecified atom stereocenters.